The summed E-state index contributed by atoms with van der Waals surface area (Å²) in [5.41, 5.74) is 0. The van der Waals surface area contributed by atoms with E-state index in [1.165, 1.54) is 70.6 Å². The summed E-state index contributed by atoms with van der Waals surface area (Å²) in [7, 11) is -4.53. The van der Waals surface area contributed by atoms with Gasteiger partial charge in [-0.15, -0.1) is 0 Å². The highest BCUT2D eigenvalue weighted by Crippen LogP contribution is 2.43. The minimum atomic E-state index is -4.53. The topological polar surface area (TPSA) is 132 Å². The number of carbonyl (C=O) groups excluding carboxylic acids is 1. The van der Waals surface area contributed by atoms with E-state index in [0.717, 1.165) is 103 Å². The highest BCUT2D eigenvalue weighted by atomic mass is 31.2. The molecule has 9 nitrogen and oxygen atoms in total. The summed E-state index contributed by atoms with van der Waals surface area (Å²) in [6.45, 7) is 3.34. The average molecular weight is 865 g/mol. The summed E-state index contributed by atoms with van der Waals surface area (Å²) < 4.78 is 33.4. The Morgan fingerprint density at radius 2 is 0.950 bits per heavy atom. The van der Waals surface area contributed by atoms with Gasteiger partial charge in [0.15, 0.2) is 0 Å². The number of aliphatic hydroxyl groups excluding tert-OH is 2. The molecule has 0 aliphatic heterocycles. The Morgan fingerprint density at radius 3 is 1.43 bits per heavy atom. The van der Waals surface area contributed by atoms with E-state index >= 15 is 0 Å². The van der Waals surface area contributed by atoms with Crippen LogP contribution in [0.5, 0.6) is 0 Å². The highest BCUT2D eigenvalue weighted by molar-refractivity contribution is 7.47. The number of phosphoric acid groups is 1. The maximum atomic E-state index is 12.7. The van der Waals surface area contributed by atoms with Crippen molar-refractivity contribution in [1.82, 2.24) is 0 Å². The predicted octanol–water partition coefficient (Wildman–Crippen LogP) is 13.7. The molecule has 0 fully saturated rings. The largest absolute Gasteiger partial charge is 0.472 e. The number of hydrogen-bond acceptors (Lipinski definition) is 8. The zero-order valence-corrected chi connectivity index (χ0v) is 39.1. The SMILES string of the molecule is CC/C=C\C/C=C\C/C=C\C/C=C\CCCCCCCOCC(COP(=O)(O)OCC(O)CO)OC(=O)CCCCCCCCCCC/C=C\C/C=C\CCCCCCC. The molecule has 0 bridgehead atoms. The average Bonchev–Trinajstić information content (AvgIpc) is 3.24. The first-order chi connectivity index (χ1) is 29.3. The van der Waals surface area contributed by atoms with Crippen LogP contribution in [0.15, 0.2) is 72.9 Å². The van der Waals surface area contributed by atoms with Gasteiger partial charge in [0.2, 0.25) is 0 Å². The number of carbonyl (C=O) groups is 1. The van der Waals surface area contributed by atoms with E-state index < -0.39 is 39.2 Å². The number of aliphatic hydroxyl groups is 2. The fourth-order valence-electron chi connectivity index (χ4n) is 6.26. The molecule has 0 saturated carbocycles. The van der Waals surface area contributed by atoms with Crippen LogP contribution < -0.4 is 0 Å². The lowest BCUT2D eigenvalue weighted by atomic mass is 10.1. The predicted molar refractivity (Wildman–Crippen MR) is 251 cm³/mol. The Morgan fingerprint density at radius 1 is 0.533 bits per heavy atom. The minimum absolute atomic E-state index is 0.0315. The van der Waals surface area contributed by atoms with Gasteiger partial charge in [0.25, 0.3) is 0 Å². The molecule has 0 radical (unpaired) electrons. The molecule has 0 aromatic heterocycles. The molecule has 0 aromatic carbocycles. The second-order valence-corrected chi connectivity index (χ2v) is 17.2. The highest BCUT2D eigenvalue weighted by Gasteiger charge is 2.26. The number of allylic oxidation sites excluding steroid dienone is 12. The minimum Gasteiger partial charge on any atom is -0.457 e. The quantitative estimate of drug-likeness (QED) is 0.0237. The molecular formula is C50H89O9P. The fourth-order valence-corrected chi connectivity index (χ4v) is 7.05. The molecule has 3 atom stereocenters. The van der Waals surface area contributed by atoms with Crippen molar-refractivity contribution in [3.63, 3.8) is 0 Å². The first-order valence-electron chi connectivity index (χ1n) is 23.9. The summed E-state index contributed by atoms with van der Waals surface area (Å²) in [4.78, 5) is 22.7. The van der Waals surface area contributed by atoms with Crippen molar-refractivity contribution in [2.45, 2.75) is 206 Å². The van der Waals surface area contributed by atoms with E-state index in [4.69, 9.17) is 23.6 Å². The number of hydrogen-bond donors (Lipinski definition) is 3. The molecule has 0 aliphatic rings. The first-order valence-corrected chi connectivity index (χ1v) is 25.4. The van der Waals surface area contributed by atoms with Gasteiger partial charge in [-0.1, -0.05) is 177 Å². The lowest BCUT2D eigenvalue weighted by molar-refractivity contribution is -0.154. The summed E-state index contributed by atoms with van der Waals surface area (Å²) in [6, 6.07) is 0. The third-order valence-corrected chi connectivity index (χ3v) is 10.8. The molecule has 10 heteroatoms. The van der Waals surface area contributed by atoms with Gasteiger partial charge in [-0.25, -0.2) is 4.57 Å². The van der Waals surface area contributed by atoms with Crippen LogP contribution >= 0.6 is 7.82 Å². The van der Waals surface area contributed by atoms with Gasteiger partial charge in [0, 0.05) is 13.0 Å². The van der Waals surface area contributed by atoms with Crippen LogP contribution in [0.3, 0.4) is 0 Å². The molecule has 3 N–H and O–H groups in total. The summed E-state index contributed by atoms with van der Waals surface area (Å²) in [6.07, 6.45) is 55.7. The van der Waals surface area contributed by atoms with Crippen molar-refractivity contribution >= 4 is 13.8 Å². The molecule has 60 heavy (non-hydrogen) atoms. The Hall–Kier alpha value is -2.10. The van der Waals surface area contributed by atoms with Crippen molar-refractivity contribution in [2.75, 3.05) is 33.0 Å². The Balaban J connectivity index is 4.17. The number of ether oxygens (including phenoxy) is 2. The lowest BCUT2D eigenvalue weighted by Gasteiger charge is -2.20. The molecule has 0 saturated heterocycles. The lowest BCUT2D eigenvalue weighted by Crippen LogP contribution is -2.29. The smallest absolute Gasteiger partial charge is 0.457 e. The van der Waals surface area contributed by atoms with E-state index in [-0.39, 0.29) is 19.6 Å². The molecule has 0 amide bonds. The van der Waals surface area contributed by atoms with Crippen LogP contribution in [0.4, 0.5) is 0 Å². The molecule has 0 spiro atoms. The van der Waals surface area contributed by atoms with Gasteiger partial charge in [-0.3, -0.25) is 13.8 Å². The molecule has 0 rings (SSSR count). The zero-order valence-electron chi connectivity index (χ0n) is 38.2. The van der Waals surface area contributed by atoms with Crippen molar-refractivity contribution in [3.05, 3.63) is 72.9 Å². The second-order valence-electron chi connectivity index (χ2n) is 15.7. The second kappa shape index (κ2) is 46.4. The van der Waals surface area contributed by atoms with Crippen LogP contribution in [-0.4, -0.2) is 66.3 Å². The molecule has 3 unspecified atom stereocenters. The molecule has 348 valence electrons. The van der Waals surface area contributed by atoms with Crippen LogP contribution in [0.1, 0.15) is 194 Å². The number of rotatable bonds is 45. The van der Waals surface area contributed by atoms with Crippen LogP contribution in [0.2, 0.25) is 0 Å². The van der Waals surface area contributed by atoms with Crippen molar-refractivity contribution in [1.29, 1.82) is 0 Å². The van der Waals surface area contributed by atoms with Crippen LogP contribution in [-0.2, 0) is 27.9 Å². The van der Waals surface area contributed by atoms with Gasteiger partial charge in [0.1, 0.15) is 12.2 Å². The Kier molecular flexibility index (Phi) is 44.8. The van der Waals surface area contributed by atoms with E-state index in [0.29, 0.717) is 6.61 Å². The van der Waals surface area contributed by atoms with Crippen molar-refractivity contribution in [3.8, 4) is 0 Å². The summed E-state index contributed by atoms with van der Waals surface area (Å²) in [5, 5.41) is 18.4. The molecular weight excluding hydrogens is 776 g/mol. The summed E-state index contributed by atoms with van der Waals surface area (Å²) in [5.74, 6) is -0.396. The number of unbranched alkanes of at least 4 members (excludes halogenated alkanes) is 19. The van der Waals surface area contributed by atoms with E-state index in [1.807, 2.05) is 0 Å². The summed E-state index contributed by atoms with van der Waals surface area (Å²) >= 11 is 0. The van der Waals surface area contributed by atoms with Gasteiger partial charge >= 0.3 is 13.8 Å². The van der Waals surface area contributed by atoms with E-state index in [9.17, 15) is 19.4 Å². The molecule has 0 heterocycles. The number of esters is 1. The Bertz CT molecular complexity index is 1160. The molecule has 0 aliphatic carbocycles. The Labute approximate surface area is 367 Å². The molecule has 0 aromatic rings. The van der Waals surface area contributed by atoms with Crippen molar-refractivity contribution in [2.24, 2.45) is 0 Å². The van der Waals surface area contributed by atoms with Crippen LogP contribution in [0, 0.1) is 0 Å². The maximum absolute atomic E-state index is 12.7. The van der Waals surface area contributed by atoms with Crippen LogP contribution in [0.25, 0.3) is 0 Å². The van der Waals surface area contributed by atoms with Gasteiger partial charge < -0.3 is 24.6 Å². The monoisotopic (exact) mass is 865 g/mol. The van der Waals surface area contributed by atoms with Gasteiger partial charge in [0.05, 0.1) is 26.4 Å². The zero-order chi connectivity index (χ0) is 43.9. The number of phosphoric ester groups is 1. The first kappa shape index (κ1) is 57.9. The van der Waals surface area contributed by atoms with Gasteiger partial charge in [-0.2, -0.15) is 0 Å². The fraction of sp³-hybridized carbons (Fsp3) is 0.740. The third kappa shape index (κ3) is 45.4. The normalized spacial score (nSPS) is 14.6. The third-order valence-electron chi connectivity index (χ3n) is 9.88. The maximum Gasteiger partial charge on any atom is 0.472 e. The standard InChI is InChI=1S/C50H89O9P/c1-3-5-7-9-11-13-15-17-19-21-23-24-25-26-28-30-32-34-36-38-40-42-50(53)59-49(47-58-60(54,55)57-45-48(52)44-51)46-56-43-41-39-37-35-33-31-29-27-22-20-18-16-14-12-10-8-6-4-2/h6,8,12,14-15,17-18,20-21,23,27,29,48-49,51-52H,3-5,7,9-11,13,16,19,22,24-26,28,30-47H2,1-2H3,(H,54,55)/b8-6-,14-12-,17-15-,20-18-,23-21-,29-27-. The van der Waals surface area contributed by atoms with E-state index in [2.05, 4.69) is 86.8 Å². The van der Waals surface area contributed by atoms with E-state index in [1.54, 1.807) is 0 Å². The van der Waals surface area contributed by atoms with Gasteiger partial charge in [-0.05, 0) is 83.5 Å². The van der Waals surface area contributed by atoms with Crippen molar-refractivity contribution < 1.29 is 43.0 Å².